The first-order chi connectivity index (χ1) is 13.7. The van der Waals surface area contributed by atoms with Crippen LogP contribution in [0.5, 0.6) is 17.4 Å². The molecule has 1 aromatic carbocycles. The topological polar surface area (TPSA) is 67.8 Å². The van der Waals surface area contributed by atoms with Crippen LogP contribution >= 0.6 is 11.8 Å². The van der Waals surface area contributed by atoms with Crippen LogP contribution in [0, 0.1) is 0 Å². The zero-order valence-corrected chi connectivity index (χ0v) is 17.5. The minimum Gasteiger partial charge on any atom is -0.497 e. The van der Waals surface area contributed by atoms with Gasteiger partial charge in [0.25, 0.3) is 0 Å². The summed E-state index contributed by atoms with van der Waals surface area (Å²) < 4.78 is 10.9. The molecule has 0 radical (unpaired) electrons. The van der Waals surface area contributed by atoms with Gasteiger partial charge in [-0.1, -0.05) is 6.07 Å². The Labute approximate surface area is 171 Å². The number of nitrogens with one attached hydrogen (secondary N) is 2. The maximum Gasteiger partial charge on any atom is 0.219 e. The maximum absolute atomic E-state index is 5.76. The molecule has 0 aliphatic heterocycles. The molecule has 150 valence electrons. The third kappa shape index (κ3) is 5.79. The number of pyridine rings is 1. The summed E-state index contributed by atoms with van der Waals surface area (Å²) in [5.41, 5.74) is 1.07. The largest absolute Gasteiger partial charge is 0.497 e. The van der Waals surface area contributed by atoms with E-state index in [1.165, 1.54) is 19.3 Å². The Hall–Kier alpha value is -2.41. The number of benzene rings is 1. The zero-order valence-electron chi connectivity index (χ0n) is 16.6. The quantitative estimate of drug-likeness (QED) is 0.544. The van der Waals surface area contributed by atoms with Crippen molar-refractivity contribution >= 4 is 17.7 Å². The van der Waals surface area contributed by atoms with Gasteiger partial charge in [-0.25, -0.2) is 4.98 Å². The molecule has 1 aliphatic carbocycles. The minimum atomic E-state index is 0.502. The summed E-state index contributed by atoms with van der Waals surface area (Å²) >= 11 is 1.96. The number of aliphatic imine (C=N–C) groups is 1. The second kappa shape index (κ2) is 10.2. The van der Waals surface area contributed by atoms with Crippen molar-refractivity contribution in [3.8, 4) is 17.4 Å². The molecule has 3 rings (SSSR count). The fraction of sp³-hybridized carbons (Fsp3) is 0.429. The van der Waals surface area contributed by atoms with Gasteiger partial charge in [-0.15, -0.1) is 0 Å². The van der Waals surface area contributed by atoms with Crippen LogP contribution in [0.1, 0.15) is 24.8 Å². The third-order valence-electron chi connectivity index (χ3n) is 4.82. The highest BCUT2D eigenvalue weighted by molar-refractivity contribution is 7.99. The van der Waals surface area contributed by atoms with Gasteiger partial charge in [-0.05, 0) is 55.3 Å². The predicted octanol–water partition coefficient (Wildman–Crippen LogP) is 3.83. The number of thioether (sulfide) groups is 1. The first kappa shape index (κ1) is 20.3. The normalized spacial score (nSPS) is 19.3. The van der Waals surface area contributed by atoms with Gasteiger partial charge in [-0.3, -0.25) is 4.99 Å². The fourth-order valence-corrected chi connectivity index (χ4v) is 4.00. The Morgan fingerprint density at radius 1 is 1.18 bits per heavy atom. The van der Waals surface area contributed by atoms with Crippen LogP contribution in [0.15, 0.2) is 47.6 Å². The monoisotopic (exact) mass is 400 g/mol. The molecule has 0 amide bonds. The lowest BCUT2D eigenvalue weighted by molar-refractivity contribution is 0.412. The number of aromatic nitrogens is 1. The summed E-state index contributed by atoms with van der Waals surface area (Å²) in [5.74, 6) is 2.92. The highest BCUT2D eigenvalue weighted by atomic mass is 32.2. The number of ether oxygens (including phenoxy) is 2. The minimum absolute atomic E-state index is 0.502. The Kier molecular flexibility index (Phi) is 7.42. The van der Waals surface area contributed by atoms with E-state index in [1.54, 1.807) is 14.2 Å². The average Bonchev–Trinajstić information content (AvgIpc) is 3.20. The number of hydrogen-bond acceptors (Lipinski definition) is 5. The molecule has 1 aliphatic rings. The van der Waals surface area contributed by atoms with Gasteiger partial charge in [0.05, 0.1) is 7.11 Å². The highest BCUT2D eigenvalue weighted by Gasteiger charge is 2.24. The van der Waals surface area contributed by atoms with E-state index in [9.17, 15) is 0 Å². The molecule has 1 saturated carbocycles. The van der Waals surface area contributed by atoms with Crippen LogP contribution < -0.4 is 20.1 Å². The molecule has 1 aromatic heterocycles. The standard InChI is InChI=1S/C21H28N4O2S/c1-22-21(25-16-5-10-19(12-16)28-3)24-14-15-4-11-20(23-13-15)27-18-8-6-17(26-2)7-9-18/h4,6-9,11,13,16,19H,5,10,12,14H2,1-3H3,(H2,22,24,25). The lowest BCUT2D eigenvalue weighted by Gasteiger charge is -2.17. The third-order valence-corrected chi connectivity index (χ3v) is 5.92. The van der Waals surface area contributed by atoms with Crippen molar-refractivity contribution in [2.24, 2.45) is 4.99 Å². The predicted molar refractivity (Wildman–Crippen MR) is 116 cm³/mol. The van der Waals surface area contributed by atoms with Gasteiger partial charge in [-0.2, -0.15) is 11.8 Å². The summed E-state index contributed by atoms with van der Waals surface area (Å²) in [7, 11) is 3.45. The average molecular weight is 401 g/mol. The molecule has 28 heavy (non-hydrogen) atoms. The fourth-order valence-electron chi connectivity index (χ4n) is 3.20. The van der Waals surface area contributed by atoms with Gasteiger partial charge < -0.3 is 20.1 Å². The van der Waals surface area contributed by atoms with E-state index in [0.717, 1.165) is 28.3 Å². The first-order valence-electron chi connectivity index (χ1n) is 9.47. The molecule has 0 spiro atoms. The smallest absolute Gasteiger partial charge is 0.219 e. The van der Waals surface area contributed by atoms with Crippen LogP contribution in [0.3, 0.4) is 0 Å². The lowest BCUT2D eigenvalue weighted by atomic mass is 10.2. The van der Waals surface area contributed by atoms with Crippen LogP contribution in [0.25, 0.3) is 0 Å². The number of guanidine groups is 1. The van der Waals surface area contributed by atoms with Crippen molar-refractivity contribution in [1.82, 2.24) is 15.6 Å². The van der Waals surface area contributed by atoms with E-state index >= 15 is 0 Å². The number of rotatable bonds is 7. The van der Waals surface area contributed by atoms with Crippen LogP contribution in [-0.2, 0) is 6.54 Å². The molecule has 7 heteroatoms. The van der Waals surface area contributed by atoms with E-state index in [4.69, 9.17) is 9.47 Å². The van der Waals surface area contributed by atoms with E-state index in [2.05, 4.69) is 26.9 Å². The van der Waals surface area contributed by atoms with E-state index in [-0.39, 0.29) is 0 Å². The second-order valence-electron chi connectivity index (χ2n) is 6.72. The van der Waals surface area contributed by atoms with Gasteiger partial charge in [0.15, 0.2) is 5.96 Å². The van der Waals surface area contributed by atoms with Gasteiger partial charge in [0.1, 0.15) is 11.5 Å². The van der Waals surface area contributed by atoms with Crippen LogP contribution in [-0.4, -0.2) is 42.6 Å². The summed E-state index contributed by atoms with van der Waals surface area (Å²) in [6.07, 6.45) is 7.68. The van der Waals surface area contributed by atoms with Crippen molar-refractivity contribution in [2.75, 3.05) is 20.4 Å². The van der Waals surface area contributed by atoms with Crippen molar-refractivity contribution < 1.29 is 9.47 Å². The molecular formula is C21H28N4O2S. The number of nitrogens with zero attached hydrogens (tertiary/aromatic N) is 2. The van der Waals surface area contributed by atoms with E-state index < -0.39 is 0 Å². The molecule has 6 nitrogen and oxygen atoms in total. The molecule has 1 heterocycles. The van der Waals surface area contributed by atoms with Crippen molar-refractivity contribution in [3.05, 3.63) is 48.2 Å². The maximum atomic E-state index is 5.76. The van der Waals surface area contributed by atoms with Crippen molar-refractivity contribution in [3.63, 3.8) is 0 Å². The Morgan fingerprint density at radius 3 is 2.57 bits per heavy atom. The molecule has 2 unspecified atom stereocenters. The summed E-state index contributed by atoms with van der Waals surface area (Å²) in [4.78, 5) is 8.73. The molecule has 2 atom stereocenters. The zero-order chi connectivity index (χ0) is 19.8. The first-order valence-corrected chi connectivity index (χ1v) is 10.8. The van der Waals surface area contributed by atoms with Gasteiger partial charge >= 0.3 is 0 Å². The van der Waals surface area contributed by atoms with Crippen molar-refractivity contribution in [1.29, 1.82) is 0 Å². The number of hydrogen-bond donors (Lipinski definition) is 2. The summed E-state index contributed by atoms with van der Waals surface area (Å²) in [6, 6.07) is 11.8. The highest BCUT2D eigenvalue weighted by Crippen LogP contribution is 2.28. The molecule has 2 aromatic rings. The lowest BCUT2D eigenvalue weighted by Crippen LogP contribution is -2.42. The number of methoxy groups -OCH3 is 1. The Balaban J connectivity index is 1.48. The molecule has 2 N–H and O–H groups in total. The SMILES string of the molecule is CN=C(NCc1ccc(Oc2ccc(OC)cc2)nc1)NC1CCC(SC)C1. The van der Waals surface area contributed by atoms with E-state index in [1.807, 2.05) is 54.4 Å². The van der Waals surface area contributed by atoms with Crippen LogP contribution in [0.4, 0.5) is 0 Å². The Bertz CT molecular complexity index is 765. The van der Waals surface area contributed by atoms with Crippen LogP contribution in [0.2, 0.25) is 0 Å². The van der Waals surface area contributed by atoms with Crippen molar-refractivity contribution in [2.45, 2.75) is 37.1 Å². The van der Waals surface area contributed by atoms with Gasteiger partial charge in [0, 0.05) is 37.1 Å². The second-order valence-corrected chi connectivity index (χ2v) is 7.86. The molecule has 0 bridgehead atoms. The summed E-state index contributed by atoms with van der Waals surface area (Å²) in [6.45, 7) is 0.661. The molecular weight excluding hydrogens is 372 g/mol. The van der Waals surface area contributed by atoms with E-state index in [0.29, 0.717) is 18.5 Å². The Morgan fingerprint density at radius 2 is 1.96 bits per heavy atom. The molecule has 1 fully saturated rings. The molecule has 0 saturated heterocycles. The summed E-state index contributed by atoms with van der Waals surface area (Å²) in [5, 5.41) is 7.65. The van der Waals surface area contributed by atoms with Gasteiger partial charge in [0.2, 0.25) is 5.88 Å².